The molecule has 0 unspecified atom stereocenters. The number of aliphatic imine (C=N–C) groups is 1. The number of benzene rings is 2. The van der Waals surface area contributed by atoms with Gasteiger partial charge in [-0.1, -0.05) is 18.7 Å². The van der Waals surface area contributed by atoms with E-state index in [0.29, 0.717) is 36.0 Å². The third kappa shape index (κ3) is 6.44. The molecule has 7 N–H and O–H groups in total. The van der Waals surface area contributed by atoms with Gasteiger partial charge in [0.2, 0.25) is 5.95 Å². The number of halogens is 3. The summed E-state index contributed by atoms with van der Waals surface area (Å²) in [6.07, 6.45) is -3.11. The Morgan fingerprint density at radius 1 is 1.18 bits per heavy atom. The number of carbonyl (C=O) groups excluding carboxylic acids is 1. The van der Waals surface area contributed by atoms with Crippen LogP contribution in [0.2, 0.25) is 0 Å². The van der Waals surface area contributed by atoms with Crippen molar-refractivity contribution in [2.75, 3.05) is 47.4 Å². The van der Waals surface area contributed by atoms with Crippen molar-refractivity contribution in [3.8, 4) is 0 Å². The number of aromatic nitrogens is 2. The lowest BCUT2D eigenvalue weighted by Crippen LogP contribution is -2.44. The van der Waals surface area contributed by atoms with Crippen molar-refractivity contribution in [1.82, 2.24) is 15.3 Å². The molecule has 39 heavy (non-hydrogen) atoms. The largest absolute Gasteiger partial charge is 0.416 e. The molecule has 204 valence electrons. The van der Waals surface area contributed by atoms with E-state index in [4.69, 9.17) is 11.5 Å². The fraction of sp³-hybridized carbons (Fsp3) is 0.231. The van der Waals surface area contributed by atoms with E-state index in [1.54, 1.807) is 19.1 Å². The first-order chi connectivity index (χ1) is 18.6. The molecule has 0 aliphatic carbocycles. The van der Waals surface area contributed by atoms with Crippen LogP contribution in [0, 0.1) is 6.92 Å². The first-order valence-electron chi connectivity index (χ1n) is 12.0. The third-order valence-electron chi connectivity index (χ3n) is 5.97. The van der Waals surface area contributed by atoms with E-state index in [9.17, 15) is 18.0 Å². The zero-order valence-corrected chi connectivity index (χ0v) is 21.1. The van der Waals surface area contributed by atoms with Gasteiger partial charge in [0, 0.05) is 37.4 Å². The summed E-state index contributed by atoms with van der Waals surface area (Å²) in [5.41, 5.74) is 13.6. The first-order valence-corrected chi connectivity index (χ1v) is 12.0. The molecule has 3 aromatic rings. The number of alkyl halides is 3. The fourth-order valence-electron chi connectivity index (χ4n) is 3.93. The number of carbonyl (C=O) groups is 1. The van der Waals surface area contributed by atoms with E-state index in [0.717, 1.165) is 25.2 Å². The Morgan fingerprint density at radius 3 is 2.62 bits per heavy atom. The number of hydrogen-bond donors (Lipinski definition) is 5. The molecule has 1 amide bonds. The standard InChI is InChI=1S/C26H28F3N9O/c1-3-33-20-21(36-25(37-22(20)30)38-11-9-32-10-12-38)23(31)35-19-13-16(8-7-15(19)2)24(39)34-18-6-4-5-17(14-18)26(27,28)29/h3-8,13-14,32-33H,1,9-12H2,2H3,(H2,31,35)(H,34,39)(H2,30,36,37). The quantitative estimate of drug-likeness (QED) is 0.226. The van der Waals surface area contributed by atoms with Crippen molar-refractivity contribution in [1.29, 1.82) is 0 Å². The highest BCUT2D eigenvalue weighted by Crippen LogP contribution is 2.31. The molecule has 0 atom stereocenters. The maximum Gasteiger partial charge on any atom is 0.416 e. The van der Waals surface area contributed by atoms with Gasteiger partial charge < -0.3 is 32.3 Å². The number of nitrogens with two attached hydrogens (primary N) is 2. The zero-order valence-electron chi connectivity index (χ0n) is 21.1. The van der Waals surface area contributed by atoms with Crippen LogP contribution in [0.25, 0.3) is 0 Å². The Hall–Kier alpha value is -4.65. The molecule has 2 aromatic carbocycles. The van der Waals surface area contributed by atoms with Crippen LogP contribution in [-0.2, 0) is 6.18 Å². The summed E-state index contributed by atoms with van der Waals surface area (Å²) < 4.78 is 39.1. The molecule has 1 aliphatic rings. The van der Waals surface area contributed by atoms with Crippen LogP contribution < -0.4 is 32.3 Å². The Bertz CT molecular complexity index is 1420. The monoisotopic (exact) mass is 539 g/mol. The molecular formula is C26H28F3N9O. The Kier molecular flexibility index (Phi) is 8.00. The van der Waals surface area contributed by atoms with Gasteiger partial charge in [-0.3, -0.25) is 4.79 Å². The minimum atomic E-state index is -4.53. The van der Waals surface area contributed by atoms with E-state index < -0.39 is 17.6 Å². The van der Waals surface area contributed by atoms with E-state index in [-0.39, 0.29) is 28.6 Å². The van der Waals surface area contributed by atoms with Crippen molar-refractivity contribution >= 4 is 40.6 Å². The fourth-order valence-corrected chi connectivity index (χ4v) is 3.93. The van der Waals surface area contributed by atoms with Gasteiger partial charge in [0.05, 0.1) is 11.3 Å². The summed E-state index contributed by atoms with van der Waals surface area (Å²) >= 11 is 0. The van der Waals surface area contributed by atoms with Crippen LogP contribution in [-0.4, -0.2) is 47.9 Å². The average molecular weight is 540 g/mol. The number of amidine groups is 1. The van der Waals surface area contributed by atoms with Gasteiger partial charge in [-0.15, -0.1) is 0 Å². The first kappa shape index (κ1) is 27.4. The number of hydrogen-bond acceptors (Lipinski definition) is 8. The predicted octanol–water partition coefficient (Wildman–Crippen LogP) is 3.64. The molecule has 2 heterocycles. The molecule has 13 heteroatoms. The van der Waals surface area contributed by atoms with Gasteiger partial charge in [0.15, 0.2) is 11.7 Å². The number of nitrogen functional groups attached to an aromatic ring is 1. The van der Waals surface area contributed by atoms with Gasteiger partial charge in [0.1, 0.15) is 11.4 Å². The number of nitrogens with zero attached hydrogens (tertiary/aromatic N) is 4. The molecule has 0 radical (unpaired) electrons. The summed E-state index contributed by atoms with van der Waals surface area (Å²) in [6, 6.07) is 9.10. The molecule has 1 fully saturated rings. The normalized spacial score (nSPS) is 14.2. The van der Waals surface area contributed by atoms with Gasteiger partial charge in [-0.05, 0) is 49.0 Å². The number of aryl methyl sites for hydroxylation is 1. The number of piperazine rings is 1. The number of nitrogens with one attached hydrogen (secondary N) is 3. The third-order valence-corrected chi connectivity index (χ3v) is 5.97. The predicted molar refractivity (Wildman–Crippen MR) is 146 cm³/mol. The molecule has 1 aliphatic heterocycles. The molecule has 10 nitrogen and oxygen atoms in total. The van der Waals surface area contributed by atoms with Gasteiger partial charge in [-0.25, -0.2) is 9.98 Å². The Morgan fingerprint density at radius 2 is 1.92 bits per heavy atom. The second-order valence-corrected chi connectivity index (χ2v) is 8.75. The molecule has 4 rings (SSSR count). The number of anilines is 4. The van der Waals surface area contributed by atoms with Crippen molar-refractivity contribution in [2.24, 2.45) is 10.7 Å². The van der Waals surface area contributed by atoms with Crippen LogP contribution in [0.15, 0.2) is 60.2 Å². The van der Waals surface area contributed by atoms with Crippen LogP contribution >= 0.6 is 0 Å². The maximum atomic E-state index is 13.0. The summed E-state index contributed by atoms with van der Waals surface area (Å²) in [6.45, 7) is 8.35. The van der Waals surface area contributed by atoms with E-state index >= 15 is 0 Å². The van der Waals surface area contributed by atoms with Crippen molar-refractivity contribution in [3.05, 3.63) is 77.6 Å². The molecule has 0 spiro atoms. The number of rotatable bonds is 7. The second kappa shape index (κ2) is 11.4. The van der Waals surface area contributed by atoms with E-state index in [2.05, 4.69) is 37.5 Å². The van der Waals surface area contributed by atoms with Crippen LogP contribution in [0.3, 0.4) is 0 Å². The highest BCUT2D eigenvalue weighted by atomic mass is 19.4. The van der Waals surface area contributed by atoms with Crippen LogP contribution in [0.5, 0.6) is 0 Å². The molecular weight excluding hydrogens is 511 g/mol. The lowest BCUT2D eigenvalue weighted by molar-refractivity contribution is -0.137. The van der Waals surface area contributed by atoms with Crippen molar-refractivity contribution < 1.29 is 18.0 Å². The van der Waals surface area contributed by atoms with Crippen LogP contribution in [0.4, 0.5) is 42.0 Å². The molecule has 0 bridgehead atoms. The maximum absolute atomic E-state index is 13.0. The molecule has 1 saturated heterocycles. The van der Waals surface area contributed by atoms with Gasteiger partial charge in [0.25, 0.3) is 5.91 Å². The summed E-state index contributed by atoms with van der Waals surface area (Å²) in [4.78, 5) is 28.4. The smallest absolute Gasteiger partial charge is 0.382 e. The van der Waals surface area contributed by atoms with Crippen LogP contribution in [0.1, 0.15) is 27.2 Å². The van der Waals surface area contributed by atoms with Crippen molar-refractivity contribution in [2.45, 2.75) is 13.1 Å². The molecule has 1 aromatic heterocycles. The summed E-state index contributed by atoms with van der Waals surface area (Å²) in [5.74, 6) is -0.0192. The Labute approximate surface area is 223 Å². The summed E-state index contributed by atoms with van der Waals surface area (Å²) in [5, 5.41) is 8.66. The van der Waals surface area contributed by atoms with E-state index in [1.807, 2.05) is 4.90 Å². The molecule has 0 saturated carbocycles. The van der Waals surface area contributed by atoms with Crippen molar-refractivity contribution in [3.63, 3.8) is 0 Å². The van der Waals surface area contributed by atoms with E-state index in [1.165, 1.54) is 24.4 Å². The minimum absolute atomic E-state index is 0.0111. The number of amides is 1. The summed E-state index contributed by atoms with van der Waals surface area (Å²) in [7, 11) is 0. The van der Waals surface area contributed by atoms with Gasteiger partial charge >= 0.3 is 6.18 Å². The Balaban J connectivity index is 1.66. The zero-order chi connectivity index (χ0) is 28.2. The minimum Gasteiger partial charge on any atom is -0.382 e. The highest BCUT2D eigenvalue weighted by molar-refractivity contribution is 6.06. The SMILES string of the molecule is C=CNc1c(N)nc(N2CCNCC2)nc1C(N)=Nc1cc(C(=O)Nc2cccc(C(F)(F)F)c2)ccc1C. The lowest BCUT2D eigenvalue weighted by Gasteiger charge is -2.28. The highest BCUT2D eigenvalue weighted by Gasteiger charge is 2.30. The lowest BCUT2D eigenvalue weighted by atomic mass is 10.1. The van der Waals surface area contributed by atoms with Gasteiger partial charge in [-0.2, -0.15) is 18.2 Å². The average Bonchev–Trinajstić information content (AvgIpc) is 2.91. The second-order valence-electron chi connectivity index (χ2n) is 8.75. The topological polar surface area (TPSA) is 147 Å².